The Bertz CT molecular complexity index is 1020. The zero-order valence-corrected chi connectivity index (χ0v) is 16.3. The molecule has 0 saturated heterocycles. The van der Waals surface area contributed by atoms with Gasteiger partial charge in [-0.15, -0.1) is 0 Å². The summed E-state index contributed by atoms with van der Waals surface area (Å²) in [4.78, 5) is 33.0. The van der Waals surface area contributed by atoms with Crippen LogP contribution in [0.15, 0.2) is 60.8 Å². The number of amides is 1. The van der Waals surface area contributed by atoms with Gasteiger partial charge in [0.05, 0.1) is 17.9 Å². The summed E-state index contributed by atoms with van der Waals surface area (Å²) >= 11 is 0. The maximum absolute atomic E-state index is 12.5. The number of benzene rings is 2. The van der Waals surface area contributed by atoms with E-state index in [2.05, 4.69) is 20.6 Å². The van der Waals surface area contributed by atoms with Crippen LogP contribution in [0.3, 0.4) is 0 Å². The Balaban J connectivity index is 1.71. The van der Waals surface area contributed by atoms with E-state index >= 15 is 0 Å². The minimum absolute atomic E-state index is 0.213. The van der Waals surface area contributed by atoms with Crippen LogP contribution in [0.4, 0.5) is 11.6 Å². The molecule has 0 saturated carbocycles. The highest BCUT2D eigenvalue weighted by atomic mass is 16.5. The number of nitrogens with zero attached hydrogens (tertiary/aromatic N) is 2. The smallest absolute Gasteiger partial charge is 0.340 e. The Morgan fingerprint density at radius 3 is 2.69 bits per heavy atom. The van der Waals surface area contributed by atoms with E-state index in [1.54, 1.807) is 31.2 Å². The Kier molecular flexibility index (Phi) is 6.52. The topological polar surface area (TPSA) is 93.2 Å². The Hall–Kier alpha value is -3.74. The molecule has 7 nitrogen and oxygen atoms in total. The van der Waals surface area contributed by atoms with Gasteiger partial charge in [0.2, 0.25) is 5.95 Å². The van der Waals surface area contributed by atoms with E-state index in [1.807, 2.05) is 31.2 Å². The number of hydrogen-bond acceptors (Lipinski definition) is 6. The lowest BCUT2D eigenvalue weighted by atomic mass is 10.1. The number of hydrogen-bond donors (Lipinski definition) is 2. The molecule has 0 aliphatic heterocycles. The molecule has 0 unspecified atom stereocenters. The van der Waals surface area contributed by atoms with Crippen LogP contribution in [0.2, 0.25) is 0 Å². The van der Waals surface area contributed by atoms with Gasteiger partial charge in [0.15, 0.2) is 0 Å². The molecular formula is C22H22N4O3. The summed E-state index contributed by atoms with van der Waals surface area (Å²) in [6.45, 7) is 4.43. The van der Waals surface area contributed by atoms with Crippen molar-refractivity contribution in [2.24, 2.45) is 0 Å². The van der Waals surface area contributed by atoms with Crippen LogP contribution in [0.1, 0.15) is 38.9 Å². The average Bonchev–Trinajstić information content (AvgIpc) is 2.73. The zero-order valence-electron chi connectivity index (χ0n) is 16.3. The lowest BCUT2D eigenvalue weighted by Crippen LogP contribution is -2.24. The second-order valence-corrected chi connectivity index (χ2v) is 6.33. The summed E-state index contributed by atoms with van der Waals surface area (Å²) in [5.74, 6) is -0.539. The predicted octanol–water partition coefficient (Wildman–Crippen LogP) is 3.64. The number of rotatable bonds is 7. The molecule has 1 heterocycles. The van der Waals surface area contributed by atoms with Crippen LogP contribution in [0.25, 0.3) is 0 Å². The van der Waals surface area contributed by atoms with Gasteiger partial charge in [0.1, 0.15) is 5.69 Å². The number of aromatic nitrogens is 2. The van der Waals surface area contributed by atoms with Crippen molar-refractivity contribution in [2.45, 2.75) is 20.4 Å². The maximum atomic E-state index is 12.5. The minimum atomic E-state index is -0.442. The SMILES string of the molecule is CCOC(=O)c1ccccc1Nc1nccc(C(=O)NCc2cccc(C)c2)n1. The van der Waals surface area contributed by atoms with Crippen molar-refractivity contribution in [1.29, 1.82) is 0 Å². The number of nitrogens with one attached hydrogen (secondary N) is 2. The van der Waals surface area contributed by atoms with Crippen molar-refractivity contribution in [3.05, 3.63) is 83.2 Å². The van der Waals surface area contributed by atoms with Gasteiger partial charge in [-0.1, -0.05) is 42.0 Å². The molecule has 0 spiro atoms. The third kappa shape index (κ3) is 5.38. The van der Waals surface area contributed by atoms with Gasteiger partial charge in [-0.2, -0.15) is 0 Å². The molecule has 0 aliphatic carbocycles. The second-order valence-electron chi connectivity index (χ2n) is 6.33. The minimum Gasteiger partial charge on any atom is -0.462 e. The summed E-state index contributed by atoms with van der Waals surface area (Å²) in [6, 6.07) is 16.3. The van der Waals surface area contributed by atoms with Gasteiger partial charge < -0.3 is 15.4 Å². The summed E-state index contributed by atoms with van der Waals surface area (Å²) < 4.78 is 5.07. The van der Waals surface area contributed by atoms with Crippen LogP contribution >= 0.6 is 0 Å². The van der Waals surface area contributed by atoms with Gasteiger partial charge in [0.25, 0.3) is 5.91 Å². The monoisotopic (exact) mass is 390 g/mol. The lowest BCUT2D eigenvalue weighted by Gasteiger charge is -2.11. The summed E-state index contributed by atoms with van der Waals surface area (Å²) in [7, 11) is 0. The molecule has 0 fully saturated rings. The summed E-state index contributed by atoms with van der Waals surface area (Å²) in [6.07, 6.45) is 1.49. The molecule has 2 N–H and O–H groups in total. The first kappa shape index (κ1) is 20.0. The first-order valence-electron chi connectivity index (χ1n) is 9.27. The van der Waals surface area contributed by atoms with E-state index < -0.39 is 5.97 Å². The standard InChI is InChI=1S/C22H22N4O3/c1-3-29-21(28)17-9-4-5-10-18(17)25-22-23-12-11-19(26-22)20(27)24-14-16-8-6-7-15(2)13-16/h4-13H,3,14H2,1-2H3,(H,24,27)(H,23,25,26). The van der Waals surface area contributed by atoms with Crippen LogP contribution in [-0.4, -0.2) is 28.5 Å². The molecule has 2 aromatic carbocycles. The van der Waals surface area contributed by atoms with Crippen molar-refractivity contribution < 1.29 is 14.3 Å². The Morgan fingerprint density at radius 1 is 1.07 bits per heavy atom. The molecule has 3 aromatic rings. The van der Waals surface area contributed by atoms with Crippen LogP contribution < -0.4 is 10.6 Å². The third-order valence-electron chi connectivity index (χ3n) is 4.09. The summed E-state index contributed by atoms with van der Waals surface area (Å²) in [5.41, 5.74) is 3.24. The first-order chi connectivity index (χ1) is 14.1. The highest BCUT2D eigenvalue weighted by Crippen LogP contribution is 2.19. The van der Waals surface area contributed by atoms with Gasteiger partial charge in [-0.05, 0) is 37.6 Å². The molecule has 1 aromatic heterocycles. The normalized spacial score (nSPS) is 10.3. The highest BCUT2D eigenvalue weighted by Gasteiger charge is 2.14. The first-order valence-corrected chi connectivity index (χ1v) is 9.27. The fourth-order valence-corrected chi connectivity index (χ4v) is 2.74. The number of carbonyl (C=O) groups is 2. The lowest BCUT2D eigenvalue weighted by molar-refractivity contribution is 0.0527. The van der Waals surface area contributed by atoms with Gasteiger partial charge in [0, 0.05) is 12.7 Å². The highest BCUT2D eigenvalue weighted by molar-refractivity contribution is 5.96. The van der Waals surface area contributed by atoms with Gasteiger partial charge in [-0.3, -0.25) is 4.79 Å². The molecule has 29 heavy (non-hydrogen) atoms. The van der Waals surface area contributed by atoms with E-state index in [1.165, 1.54) is 12.3 Å². The van der Waals surface area contributed by atoms with Gasteiger partial charge in [-0.25, -0.2) is 14.8 Å². The fraction of sp³-hybridized carbons (Fsp3) is 0.182. The third-order valence-corrected chi connectivity index (χ3v) is 4.09. The number of ether oxygens (including phenoxy) is 1. The molecule has 3 rings (SSSR count). The largest absolute Gasteiger partial charge is 0.462 e. The van der Waals surface area contributed by atoms with Crippen LogP contribution in [0.5, 0.6) is 0 Å². The molecule has 0 radical (unpaired) electrons. The molecule has 0 aliphatic rings. The Morgan fingerprint density at radius 2 is 1.90 bits per heavy atom. The Labute approximate surface area is 169 Å². The molecule has 1 amide bonds. The van der Waals surface area contributed by atoms with E-state index in [-0.39, 0.29) is 24.2 Å². The molecular weight excluding hydrogens is 368 g/mol. The number of esters is 1. The second kappa shape index (κ2) is 9.45. The average molecular weight is 390 g/mol. The zero-order chi connectivity index (χ0) is 20.6. The van der Waals surface area contributed by atoms with E-state index in [9.17, 15) is 9.59 Å². The van der Waals surface area contributed by atoms with Crippen LogP contribution in [0, 0.1) is 6.92 Å². The van der Waals surface area contributed by atoms with Crippen LogP contribution in [-0.2, 0) is 11.3 Å². The van der Waals surface area contributed by atoms with Crippen molar-refractivity contribution >= 4 is 23.5 Å². The van der Waals surface area contributed by atoms with Crippen molar-refractivity contribution in [3.8, 4) is 0 Å². The number of anilines is 2. The summed E-state index contributed by atoms with van der Waals surface area (Å²) in [5, 5.41) is 5.83. The van der Waals surface area contributed by atoms with Crippen molar-refractivity contribution in [2.75, 3.05) is 11.9 Å². The molecule has 0 bridgehead atoms. The van der Waals surface area contributed by atoms with Crippen molar-refractivity contribution in [3.63, 3.8) is 0 Å². The number of carbonyl (C=O) groups excluding carboxylic acids is 2. The quantitative estimate of drug-likeness (QED) is 0.599. The molecule has 148 valence electrons. The fourth-order valence-electron chi connectivity index (χ4n) is 2.74. The van der Waals surface area contributed by atoms with Crippen molar-refractivity contribution in [1.82, 2.24) is 15.3 Å². The predicted molar refractivity (Wildman–Crippen MR) is 110 cm³/mol. The van der Waals surface area contributed by atoms with E-state index in [4.69, 9.17) is 4.74 Å². The molecule has 7 heteroatoms. The maximum Gasteiger partial charge on any atom is 0.340 e. The van der Waals surface area contributed by atoms with E-state index in [0.29, 0.717) is 17.8 Å². The molecule has 0 atom stereocenters. The van der Waals surface area contributed by atoms with E-state index in [0.717, 1.165) is 11.1 Å². The number of para-hydroxylation sites is 1. The number of aryl methyl sites for hydroxylation is 1. The van der Waals surface area contributed by atoms with Gasteiger partial charge >= 0.3 is 5.97 Å².